The Hall–Kier alpha value is -2.19. The molecule has 3 rings (SSSR count). The van der Waals surface area contributed by atoms with Gasteiger partial charge in [-0.3, -0.25) is 9.48 Å². The number of thiophene rings is 2. The molecule has 3 heterocycles. The van der Waals surface area contributed by atoms with Crippen molar-refractivity contribution in [2.45, 2.75) is 26.4 Å². The van der Waals surface area contributed by atoms with Crippen LogP contribution in [0, 0.1) is 0 Å². The molecule has 0 saturated heterocycles. The second-order valence-corrected chi connectivity index (χ2v) is 7.25. The van der Waals surface area contributed by atoms with Crippen LogP contribution in [0.25, 0.3) is 9.40 Å². The van der Waals surface area contributed by atoms with Crippen LogP contribution >= 0.6 is 22.7 Å². The largest absolute Gasteiger partial charge is 0.477 e. The minimum Gasteiger partial charge on any atom is -0.477 e. The summed E-state index contributed by atoms with van der Waals surface area (Å²) in [5.74, 6) is -1.27. The number of carbonyl (C=O) groups is 2. The maximum Gasteiger partial charge on any atom is 0.346 e. The van der Waals surface area contributed by atoms with Gasteiger partial charge in [0, 0.05) is 29.0 Å². The van der Waals surface area contributed by atoms with E-state index in [1.54, 1.807) is 16.9 Å². The summed E-state index contributed by atoms with van der Waals surface area (Å²) in [6.07, 6.45) is 1.75. The van der Waals surface area contributed by atoms with Gasteiger partial charge in [-0.05, 0) is 31.4 Å². The van der Waals surface area contributed by atoms with E-state index in [1.165, 1.54) is 22.7 Å². The average molecular weight is 349 g/mol. The molecule has 0 aliphatic rings. The number of nitrogens with one attached hydrogen (secondary N) is 1. The molecule has 23 heavy (non-hydrogen) atoms. The van der Waals surface area contributed by atoms with Gasteiger partial charge in [-0.2, -0.15) is 5.10 Å². The molecule has 8 heteroatoms. The zero-order valence-corrected chi connectivity index (χ0v) is 14.2. The molecule has 0 radical (unpaired) electrons. The van der Waals surface area contributed by atoms with Crippen LogP contribution in [0.4, 0.5) is 0 Å². The lowest BCUT2D eigenvalue weighted by Crippen LogP contribution is -2.24. The van der Waals surface area contributed by atoms with Gasteiger partial charge in [-0.1, -0.05) is 0 Å². The lowest BCUT2D eigenvalue weighted by molar-refractivity contribution is 0.0700. The van der Waals surface area contributed by atoms with Crippen molar-refractivity contribution < 1.29 is 14.7 Å². The summed E-state index contributed by atoms with van der Waals surface area (Å²) in [4.78, 5) is 23.9. The summed E-state index contributed by atoms with van der Waals surface area (Å²) in [6, 6.07) is 3.73. The van der Waals surface area contributed by atoms with E-state index >= 15 is 0 Å². The van der Waals surface area contributed by atoms with E-state index in [9.17, 15) is 14.7 Å². The lowest BCUT2D eigenvalue weighted by atomic mass is 10.2. The van der Waals surface area contributed by atoms with E-state index in [-0.39, 0.29) is 23.4 Å². The van der Waals surface area contributed by atoms with Crippen molar-refractivity contribution >= 4 is 43.9 Å². The molecule has 120 valence electrons. The predicted octanol–water partition coefficient (Wildman–Crippen LogP) is 3.37. The van der Waals surface area contributed by atoms with Gasteiger partial charge in [0.15, 0.2) is 0 Å². The fraction of sp³-hybridized carbons (Fsp3) is 0.267. The molecule has 0 saturated carbocycles. The van der Waals surface area contributed by atoms with Gasteiger partial charge in [0.05, 0.1) is 4.70 Å². The summed E-state index contributed by atoms with van der Waals surface area (Å²) in [6.45, 7) is 4.13. The number of aromatic nitrogens is 2. The highest BCUT2D eigenvalue weighted by Gasteiger charge is 2.20. The van der Waals surface area contributed by atoms with Crippen LogP contribution < -0.4 is 5.32 Å². The summed E-state index contributed by atoms with van der Waals surface area (Å²) in [5.41, 5.74) is 0.984. The van der Waals surface area contributed by atoms with Crippen LogP contribution in [0.2, 0.25) is 0 Å². The maximum atomic E-state index is 12.2. The minimum atomic E-state index is -0.966. The molecule has 1 amide bonds. The molecule has 0 aromatic carbocycles. The van der Waals surface area contributed by atoms with Gasteiger partial charge in [0.2, 0.25) is 0 Å². The zero-order valence-electron chi connectivity index (χ0n) is 12.6. The Morgan fingerprint density at radius 2 is 2.17 bits per heavy atom. The third-order valence-electron chi connectivity index (χ3n) is 3.38. The van der Waals surface area contributed by atoms with Crippen LogP contribution in [0.5, 0.6) is 0 Å². The molecule has 0 aliphatic heterocycles. The van der Waals surface area contributed by atoms with Crippen LogP contribution in [0.1, 0.15) is 45.6 Å². The molecule has 0 aliphatic carbocycles. The number of carboxylic acids is 1. The van der Waals surface area contributed by atoms with Crippen LogP contribution in [-0.2, 0) is 6.54 Å². The number of carbonyl (C=O) groups excluding carboxylic acids is 1. The first-order valence-corrected chi connectivity index (χ1v) is 8.72. The third kappa shape index (κ3) is 2.99. The van der Waals surface area contributed by atoms with E-state index in [4.69, 9.17) is 0 Å². The van der Waals surface area contributed by atoms with Crippen molar-refractivity contribution in [1.82, 2.24) is 15.1 Å². The molecule has 0 atom stereocenters. The van der Waals surface area contributed by atoms with Crippen LogP contribution in [-0.4, -0.2) is 26.8 Å². The Morgan fingerprint density at radius 3 is 2.83 bits per heavy atom. The van der Waals surface area contributed by atoms with Crippen molar-refractivity contribution in [1.29, 1.82) is 0 Å². The first kappa shape index (κ1) is 15.7. The zero-order chi connectivity index (χ0) is 16.6. The van der Waals surface area contributed by atoms with Gasteiger partial charge in [-0.25, -0.2) is 4.79 Å². The highest BCUT2D eigenvalue weighted by atomic mass is 32.1. The summed E-state index contributed by atoms with van der Waals surface area (Å²) < 4.78 is 3.56. The van der Waals surface area contributed by atoms with Crippen molar-refractivity contribution in [3.63, 3.8) is 0 Å². The van der Waals surface area contributed by atoms with Crippen molar-refractivity contribution in [3.05, 3.63) is 39.8 Å². The fourth-order valence-electron chi connectivity index (χ4n) is 2.21. The van der Waals surface area contributed by atoms with Gasteiger partial charge >= 0.3 is 5.97 Å². The van der Waals surface area contributed by atoms with Crippen LogP contribution in [0.3, 0.4) is 0 Å². The number of fused-ring (bicyclic) bond motifs is 1. The standard InChI is InChI=1S/C15H15N3O3S2/c1-8(2)18-5-3-10(17-18)14(19)16-7-9-12-11(4-6-22-12)23-13(9)15(20)21/h3-6,8H,7H2,1-2H3,(H,16,19)(H,20,21). The second kappa shape index (κ2) is 6.13. The summed E-state index contributed by atoms with van der Waals surface area (Å²) >= 11 is 2.72. The van der Waals surface area contributed by atoms with E-state index in [0.717, 1.165) is 9.40 Å². The highest BCUT2D eigenvalue weighted by molar-refractivity contribution is 7.28. The Kier molecular flexibility index (Phi) is 4.18. The molecule has 2 N–H and O–H groups in total. The number of hydrogen-bond donors (Lipinski definition) is 2. The Morgan fingerprint density at radius 1 is 1.39 bits per heavy atom. The maximum absolute atomic E-state index is 12.2. The summed E-state index contributed by atoms with van der Waals surface area (Å²) in [7, 11) is 0. The van der Waals surface area contributed by atoms with Crippen molar-refractivity contribution in [2.75, 3.05) is 0 Å². The lowest BCUT2D eigenvalue weighted by Gasteiger charge is -2.05. The Labute approximate surface area is 140 Å². The predicted molar refractivity (Wildman–Crippen MR) is 90.4 cm³/mol. The molecule has 0 fully saturated rings. The molecule has 0 bridgehead atoms. The monoisotopic (exact) mass is 349 g/mol. The minimum absolute atomic E-state index is 0.176. The molecule has 3 aromatic rings. The molecule has 0 spiro atoms. The van der Waals surface area contributed by atoms with Gasteiger partial charge in [-0.15, -0.1) is 22.7 Å². The number of rotatable bonds is 5. The Bertz CT molecular complexity index is 876. The number of nitrogens with zero attached hydrogens (tertiary/aromatic N) is 2. The number of hydrogen-bond acceptors (Lipinski definition) is 5. The van der Waals surface area contributed by atoms with E-state index in [2.05, 4.69) is 10.4 Å². The highest BCUT2D eigenvalue weighted by Crippen LogP contribution is 2.35. The molecular formula is C15H15N3O3S2. The molecule has 6 nitrogen and oxygen atoms in total. The first-order chi connectivity index (χ1) is 11.0. The second-order valence-electron chi connectivity index (χ2n) is 5.29. The number of carboxylic acid groups (broad SMARTS) is 1. The quantitative estimate of drug-likeness (QED) is 0.740. The Balaban J connectivity index is 1.79. The fourth-order valence-corrected chi connectivity index (χ4v) is 4.43. The number of aromatic carboxylic acids is 1. The van der Waals surface area contributed by atoms with Crippen molar-refractivity contribution in [2.24, 2.45) is 0 Å². The third-order valence-corrected chi connectivity index (χ3v) is 5.67. The van der Waals surface area contributed by atoms with E-state index < -0.39 is 5.97 Å². The molecule has 3 aromatic heterocycles. The topological polar surface area (TPSA) is 84.2 Å². The van der Waals surface area contributed by atoms with E-state index in [0.29, 0.717) is 11.3 Å². The van der Waals surface area contributed by atoms with E-state index in [1.807, 2.05) is 25.3 Å². The normalized spacial score (nSPS) is 11.3. The van der Waals surface area contributed by atoms with Gasteiger partial charge < -0.3 is 10.4 Å². The smallest absolute Gasteiger partial charge is 0.346 e. The average Bonchev–Trinajstić information content (AvgIpc) is 3.19. The van der Waals surface area contributed by atoms with Crippen LogP contribution in [0.15, 0.2) is 23.7 Å². The van der Waals surface area contributed by atoms with Gasteiger partial charge in [0.1, 0.15) is 10.6 Å². The molecular weight excluding hydrogens is 334 g/mol. The van der Waals surface area contributed by atoms with Gasteiger partial charge in [0.25, 0.3) is 5.91 Å². The molecule has 0 unspecified atom stereocenters. The van der Waals surface area contributed by atoms with Crippen molar-refractivity contribution in [3.8, 4) is 0 Å². The SMILES string of the molecule is CC(C)n1ccc(C(=O)NCc2c(C(=O)O)sc3ccsc23)n1. The summed E-state index contributed by atoms with van der Waals surface area (Å²) in [5, 5.41) is 18.2. The first-order valence-electron chi connectivity index (χ1n) is 7.03. The number of amides is 1.